The second-order valence-electron chi connectivity index (χ2n) is 10.7. The van der Waals surface area contributed by atoms with E-state index in [0.29, 0.717) is 32.9 Å². The van der Waals surface area contributed by atoms with E-state index >= 15 is 0 Å². The van der Waals surface area contributed by atoms with Crippen LogP contribution in [0.5, 0.6) is 0 Å². The van der Waals surface area contributed by atoms with Gasteiger partial charge in [0.2, 0.25) is 20.8 Å². The topological polar surface area (TPSA) is 133 Å². The highest BCUT2D eigenvalue weighted by molar-refractivity contribution is 7.96. The fourth-order valence-electron chi connectivity index (χ4n) is 4.10. The first kappa shape index (κ1) is 40.9. The highest BCUT2D eigenvalue weighted by Crippen LogP contribution is 2.18. The summed E-state index contributed by atoms with van der Waals surface area (Å²) in [6, 6.07) is 15.4. The minimum atomic E-state index is -4.76. The zero-order chi connectivity index (χ0) is 32.8. The van der Waals surface area contributed by atoms with E-state index in [1.54, 1.807) is 11.1 Å². The van der Waals surface area contributed by atoms with Crippen molar-refractivity contribution in [1.29, 1.82) is 0 Å². The molecule has 0 atom stereocenters. The number of hydrogen-bond acceptors (Lipinski definition) is 8. The van der Waals surface area contributed by atoms with Crippen molar-refractivity contribution in [3.63, 3.8) is 0 Å². The summed E-state index contributed by atoms with van der Waals surface area (Å²) in [7, 11) is -8.31. The molecule has 0 aliphatic carbocycles. The van der Waals surface area contributed by atoms with Crippen LogP contribution in [-0.2, 0) is 75.7 Å². The van der Waals surface area contributed by atoms with Gasteiger partial charge >= 0.3 is 0 Å². The summed E-state index contributed by atoms with van der Waals surface area (Å²) in [6.45, 7) is 8.45. The molecule has 12 heteroatoms. The van der Waals surface area contributed by atoms with E-state index in [0.717, 1.165) is 0 Å². The van der Waals surface area contributed by atoms with Crippen LogP contribution in [0.2, 0.25) is 0 Å². The standard InChI is InChI=1S/C24H44S2.C8H10O8S2/c1-5-9-17-25(18-10-6-2)21-23-13-15-24(16-14-23)22-26(19-11-7-3)20-12-8-4;9-17(10,11)15-5-7-1-2-8(4-3-7)6-16-18(12,13)14/h13-16H,5-12,17-22H2,1-4H3;1-4H,5-6H2,(H,9,10,11)(H,12,13,14)/q+2;/p-2. The minimum absolute atomic E-state index is 0.392. The van der Waals surface area contributed by atoms with Gasteiger partial charge in [0, 0.05) is 11.1 Å². The summed E-state index contributed by atoms with van der Waals surface area (Å²) in [5, 5.41) is 0. The molecule has 0 heterocycles. The lowest BCUT2D eigenvalue weighted by Gasteiger charge is -2.10. The van der Waals surface area contributed by atoms with E-state index < -0.39 is 34.0 Å². The van der Waals surface area contributed by atoms with E-state index in [1.165, 1.54) is 110 Å². The molecule has 0 bridgehead atoms. The fourth-order valence-corrected chi connectivity index (χ4v) is 9.76. The Labute approximate surface area is 273 Å². The maximum absolute atomic E-state index is 10.2. The molecule has 0 aliphatic heterocycles. The van der Waals surface area contributed by atoms with Gasteiger partial charge in [-0.05, 0) is 58.6 Å². The second kappa shape index (κ2) is 23.2. The Balaban J connectivity index is 0.000000470. The van der Waals surface area contributed by atoms with E-state index in [2.05, 4.69) is 60.3 Å². The molecular formula is C32H52O8S4. The van der Waals surface area contributed by atoms with Crippen LogP contribution in [0, 0.1) is 0 Å². The van der Waals surface area contributed by atoms with Crippen molar-refractivity contribution in [2.45, 2.75) is 104 Å². The maximum atomic E-state index is 10.2. The summed E-state index contributed by atoms with van der Waals surface area (Å²) in [6.07, 6.45) is 11.0. The number of benzene rings is 2. The molecule has 2 rings (SSSR count). The Bertz CT molecular complexity index is 1110. The zero-order valence-electron chi connectivity index (χ0n) is 26.8. The summed E-state index contributed by atoms with van der Waals surface area (Å²) >= 11 is 0. The predicted molar refractivity (Wildman–Crippen MR) is 183 cm³/mol. The number of unbranched alkanes of at least 4 members (excludes halogenated alkanes) is 4. The van der Waals surface area contributed by atoms with Crippen molar-refractivity contribution in [2.75, 3.05) is 23.0 Å². The molecule has 44 heavy (non-hydrogen) atoms. The van der Waals surface area contributed by atoms with Crippen molar-refractivity contribution >= 4 is 42.6 Å². The molecule has 0 N–H and O–H groups in total. The van der Waals surface area contributed by atoms with Gasteiger partial charge in [0.1, 0.15) is 34.5 Å². The Morgan fingerprint density at radius 2 is 0.750 bits per heavy atom. The summed E-state index contributed by atoms with van der Waals surface area (Å²) in [5.41, 5.74) is 3.93. The number of rotatable bonds is 22. The zero-order valence-corrected chi connectivity index (χ0v) is 30.1. The van der Waals surface area contributed by atoms with E-state index in [-0.39, 0.29) is 0 Å². The van der Waals surface area contributed by atoms with Crippen molar-refractivity contribution in [3.8, 4) is 0 Å². The summed E-state index contributed by atoms with van der Waals surface area (Å²) < 4.78 is 69.1. The minimum Gasteiger partial charge on any atom is -0.726 e. The number of hydrogen-bond donors (Lipinski definition) is 0. The average Bonchev–Trinajstić information content (AvgIpc) is 2.98. The predicted octanol–water partition coefficient (Wildman–Crippen LogP) is 6.76. The molecule has 0 radical (unpaired) electrons. The van der Waals surface area contributed by atoms with Gasteiger partial charge in [0.15, 0.2) is 0 Å². The lowest BCUT2D eigenvalue weighted by molar-refractivity contribution is 0.249. The average molecular weight is 693 g/mol. The third kappa shape index (κ3) is 21.6. The molecule has 2 aromatic rings. The molecule has 8 nitrogen and oxygen atoms in total. The first-order valence-electron chi connectivity index (χ1n) is 15.5. The van der Waals surface area contributed by atoms with Crippen LogP contribution in [0.3, 0.4) is 0 Å². The monoisotopic (exact) mass is 692 g/mol. The van der Waals surface area contributed by atoms with Crippen LogP contribution in [0.1, 0.15) is 101 Å². The van der Waals surface area contributed by atoms with Gasteiger partial charge < -0.3 is 9.11 Å². The Morgan fingerprint density at radius 3 is 0.977 bits per heavy atom. The van der Waals surface area contributed by atoms with Gasteiger partial charge in [-0.1, -0.05) is 102 Å². The van der Waals surface area contributed by atoms with E-state index in [9.17, 15) is 25.9 Å². The van der Waals surface area contributed by atoms with E-state index in [4.69, 9.17) is 0 Å². The third-order valence-corrected chi connectivity index (χ3v) is 12.4. The van der Waals surface area contributed by atoms with Crippen LogP contribution in [0.25, 0.3) is 0 Å². The van der Waals surface area contributed by atoms with Gasteiger partial charge in [-0.15, -0.1) is 0 Å². The molecule has 0 unspecified atom stereocenters. The highest BCUT2D eigenvalue weighted by atomic mass is 32.3. The second-order valence-corrected chi connectivity index (χ2v) is 17.5. The largest absolute Gasteiger partial charge is 0.726 e. The highest BCUT2D eigenvalue weighted by Gasteiger charge is 2.20. The Kier molecular flexibility index (Phi) is 21.6. The quantitative estimate of drug-likeness (QED) is 0.0751. The van der Waals surface area contributed by atoms with E-state index in [1.807, 2.05) is 0 Å². The van der Waals surface area contributed by atoms with Gasteiger partial charge in [-0.25, -0.2) is 16.8 Å². The lowest BCUT2D eigenvalue weighted by Crippen LogP contribution is -2.16. The molecule has 2 aromatic carbocycles. The van der Waals surface area contributed by atoms with Gasteiger partial charge in [0.25, 0.3) is 0 Å². The maximum Gasteiger partial charge on any atom is 0.217 e. The molecule has 0 aliphatic rings. The Hall–Kier alpha value is -1.12. The molecule has 0 aromatic heterocycles. The Morgan fingerprint density at radius 1 is 0.500 bits per heavy atom. The lowest BCUT2D eigenvalue weighted by atomic mass is 10.1. The fraction of sp³-hybridized carbons (Fsp3) is 0.625. The van der Waals surface area contributed by atoms with Crippen molar-refractivity contribution in [3.05, 3.63) is 70.8 Å². The van der Waals surface area contributed by atoms with Crippen molar-refractivity contribution < 1.29 is 34.3 Å². The van der Waals surface area contributed by atoms with Crippen LogP contribution < -0.4 is 0 Å². The molecule has 0 fully saturated rings. The molecule has 252 valence electrons. The molecule has 0 saturated heterocycles. The van der Waals surface area contributed by atoms with Crippen LogP contribution in [-0.4, -0.2) is 49.0 Å². The molecule has 0 amide bonds. The van der Waals surface area contributed by atoms with Crippen LogP contribution in [0.4, 0.5) is 0 Å². The first-order chi connectivity index (χ1) is 20.9. The van der Waals surface area contributed by atoms with Crippen LogP contribution in [0.15, 0.2) is 48.5 Å². The van der Waals surface area contributed by atoms with Crippen molar-refractivity contribution in [2.24, 2.45) is 0 Å². The SMILES string of the molecule is CCCC[S+](CCCC)Cc1ccc(C[S+](CCCC)CCCC)cc1.O=S(=O)([O-])OCc1ccc(COS(=O)(=O)[O-])cc1. The molecule has 0 saturated carbocycles. The summed E-state index contributed by atoms with van der Waals surface area (Å²) in [4.78, 5) is 0. The smallest absolute Gasteiger partial charge is 0.217 e. The normalized spacial score (nSPS) is 12.0. The third-order valence-electron chi connectivity index (χ3n) is 6.67. The van der Waals surface area contributed by atoms with Crippen LogP contribution >= 0.6 is 0 Å². The molecule has 0 spiro atoms. The first-order valence-corrected chi connectivity index (χ1v) is 21.7. The van der Waals surface area contributed by atoms with Gasteiger partial charge in [0.05, 0.1) is 13.2 Å². The summed E-state index contributed by atoms with van der Waals surface area (Å²) in [5.74, 6) is 8.40. The van der Waals surface area contributed by atoms with Gasteiger partial charge in [-0.2, -0.15) is 0 Å². The van der Waals surface area contributed by atoms with Gasteiger partial charge in [-0.3, -0.25) is 8.37 Å². The molecular weight excluding hydrogens is 641 g/mol. The van der Waals surface area contributed by atoms with Crippen molar-refractivity contribution in [1.82, 2.24) is 0 Å².